The van der Waals surface area contributed by atoms with Gasteiger partial charge in [-0.1, -0.05) is 19.9 Å². The minimum atomic E-state index is -0.472. The summed E-state index contributed by atoms with van der Waals surface area (Å²) in [6.45, 7) is 5.56. The maximum Gasteiger partial charge on any atom is 0.251 e. The lowest BCUT2D eigenvalue weighted by molar-refractivity contribution is -0.122. The molecule has 1 fully saturated rings. The molecule has 0 saturated carbocycles. The van der Waals surface area contributed by atoms with Gasteiger partial charge in [0.2, 0.25) is 5.91 Å². The van der Waals surface area contributed by atoms with E-state index >= 15 is 0 Å². The first-order valence-electron chi connectivity index (χ1n) is 8.06. The molecule has 0 aliphatic carbocycles. The van der Waals surface area contributed by atoms with Crippen LogP contribution in [-0.2, 0) is 4.79 Å². The Hall–Kier alpha value is -1.88. The highest BCUT2D eigenvalue weighted by Gasteiger charge is 2.39. The fourth-order valence-corrected chi connectivity index (χ4v) is 2.79. The molecule has 0 radical (unpaired) electrons. The molecule has 1 saturated heterocycles. The molecule has 3 N–H and O–H groups in total. The van der Waals surface area contributed by atoms with Crippen LogP contribution >= 0.6 is 0 Å². The van der Waals surface area contributed by atoms with Crippen molar-refractivity contribution in [2.45, 2.75) is 45.1 Å². The minimum absolute atomic E-state index is 0.0152. The van der Waals surface area contributed by atoms with Gasteiger partial charge in [0.1, 0.15) is 0 Å². The van der Waals surface area contributed by atoms with Gasteiger partial charge in [-0.25, -0.2) is 0 Å². The molecule has 0 bridgehead atoms. The van der Waals surface area contributed by atoms with E-state index in [4.69, 9.17) is 0 Å². The summed E-state index contributed by atoms with van der Waals surface area (Å²) < 4.78 is 0. The molecule has 2 rings (SSSR count). The van der Waals surface area contributed by atoms with Gasteiger partial charge < -0.3 is 16.0 Å². The molecule has 1 unspecified atom stereocenters. The Balaban J connectivity index is 2.06. The van der Waals surface area contributed by atoms with Crippen LogP contribution in [0.25, 0.3) is 0 Å². The van der Waals surface area contributed by atoms with E-state index in [1.54, 1.807) is 18.2 Å². The third kappa shape index (κ3) is 3.65. The number of nitrogens with one attached hydrogen (secondary N) is 3. The van der Waals surface area contributed by atoms with Crippen molar-refractivity contribution in [1.29, 1.82) is 0 Å². The molecule has 1 heterocycles. The molecule has 5 heteroatoms. The first-order chi connectivity index (χ1) is 10.6. The smallest absolute Gasteiger partial charge is 0.251 e. The largest absolute Gasteiger partial charge is 0.352 e. The molecule has 120 valence electrons. The quantitative estimate of drug-likeness (QED) is 0.755. The standard InChI is InChI=1S/C17H25N3O2/c1-3-10-18-15(21)13-7-5-8-14(12-13)20-16(22)17(4-2)9-6-11-19-17/h5,7-8,12,19H,3-4,6,9-11H2,1-2H3,(H,18,21)(H,20,22). The van der Waals surface area contributed by atoms with Crippen LogP contribution in [0.4, 0.5) is 5.69 Å². The Morgan fingerprint density at radius 3 is 2.77 bits per heavy atom. The zero-order chi connectivity index (χ0) is 16.0. The molecule has 0 spiro atoms. The fourth-order valence-electron chi connectivity index (χ4n) is 2.79. The lowest BCUT2D eigenvalue weighted by Crippen LogP contribution is -2.50. The van der Waals surface area contributed by atoms with E-state index in [-0.39, 0.29) is 11.8 Å². The van der Waals surface area contributed by atoms with Crippen LogP contribution in [0.3, 0.4) is 0 Å². The summed E-state index contributed by atoms with van der Waals surface area (Å²) in [5.74, 6) is -0.124. The van der Waals surface area contributed by atoms with E-state index in [9.17, 15) is 9.59 Å². The van der Waals surface area contributed by atoms with E-state index in [0.29, 0.717) is 17.8 Å². The summed E-state index contributed by atoms with van der Waals surface area (Å²) in [4.78, 5) is 24.5. The maximum atomic E-state index is 12.5. The van der Waals surface area contributed by atoms with Crippen molar-refractivity contribution < 1.29 is 9.59 Å². The number of anilines is 1. The van der Waals surface area contributed by atoms with Crippen LogP contribution in [0.5, 0.6) is 0 Å². The average Bonchev–Trinajstić information content (AvgIpc) is 3.03. The number of amides is 2. The Labute approximate surface area is 131 Å². The van der Waals surface area contributed by atoms with E-state index in [1.807, 2.05) is 19.9 Å². The van der Waals surface area contributed by atoms with Gasteiger partial charge in [0.25, 0.3) is 5.91 Å². The van der Waals surface area contributed by atoms with Gasteiger partial charge in [0.15, 0.2) is 0 Å². The van der Waals surface area contributed by atoms with E-state index < -0.39 is 5.54 Å². The van der Waals surface area contributed by atoms with Crippen molar-refractivity contribution in [3.63, 3.8) is 0 Å². The summed E-state index contributed by atoms with van der Waals surface area (Å²) in [6.07, 6.45) is 3.52. The van der Waals surface area contributed by atoms with E-state index in [2.05, 4.69) is 16.0 Å². The molecule has 1 atom stereocenters. The monoisotopic (exact) mass is 303 g/mol. The summed E-state index contributed by atoms with van der Waals surface area (Å²) in [6, 6.07) is 7.08. The molecule has 2 amide bonds. The van der Waals surface area contributed by atoms with Crippen molar-refractivity contribution in [3.05, 3.63) is 29.8 Å². The third-order valence-electron chi connectivity index (χ3n) is 4.20. The van der Waals surface area contributed by atoms with Gasteiger partial charge in [-0.2, -0.15) is 0 Å². The van der Waals surface area contributed by atoms with Gasteiger partial charge in [-0.15, -0.1) is 0 Å². The topological polar surface area (TPSA) is 70.2 Å². The lowest BCUT2D eigenvalue weighted by Gasteiger charge is -2.26. The van der Waals surface area contributed by atoms with Crippen LogP contribution in [0.1, 0.15) is 49.9 Å². The van der Waals surface area contributed by atoms with Crippen molar-refractivity contribution in [1.82, 2.24) is 10.6 Å². The van der Waals surface area contributed by atoms with Crippen LogP contribution in [0.15, 0.2) is 24.3 Å². The van der Waals surface area contributed by atoms with Gasteiger partial charge >= 0.3 is 0 Å². The van der Waals surface area contributed by atoms with Crippen molar-refractivity contribution in [2.24, 2.45) is 0 Å². The molecule has 1 aliphatic rings. The third-order valence-corrected chi connectivity index (χ3v) is 4.20. The van der Waals surface area contributed by atoms with Gasteiger partial charge in [-0.3, -0.25) is 9.59 Å². The average molecular weight is 303 g/mol. The lowest BCUT2D eigenvalue weighted by atomic mass is 9.93. The minimum Gasteiger partial charge on any atom is -0.352 e. The van der Waals surface area contributed by atoms with Gasteiger partial charge in [0, 0.05) is 17.8 Å². The first-order valence-corrected chi connectivity index (χ1v) is 8.06. The Kier molecular flexibility index (Phi) is 5.55. The van der Waals surface area contributed by atoms with Crippen molar-refractivity contribution in [3.8, 4) is 0 Å². The molecule has 1 aliphatic heterocycles. The normalized spacial score (nSPS) is 20.6. The Bertz CT molecular complexity index is 536. The number of rotatable bonds is 6. The number of carbonyl (C=O) groups is 2. The Morgan fingerprint density at radius 1 is 1.32 bits per heavy atom. The van der Waals surface area contributed by atoms with Gasteiger partial charge in [-0.05, 0) is 50.4 Å². The highest BCUT2D eigenvalue weighted by Crippen LogP contribution is 2.25. The molecular weight excluding hydrogens is 278 g/mol. The second-order valence-corrected chi connectivity index (χ2v) is 5.76. The van der Waals surface area contributed by atoms with Crippen LogP contribution < -0.4 is 16.0 Å². The molecular formula is C17H25N3O2. The molecule has 5 nitrogen and oxygen atoms in total. The molecule has 0 aromatic heterocycles. The van der Waals surface area contributed by atoms with Crippen LogP contribution in [0.2, 0.25) is 0 Å². The SMILES string of the molecule is CCCNC(=O)c1cccc(NC(=O)C2(CC)CCCN2)c1. The van der Waals surface area contributed by atoms with E-state index in [1.165, 1.54) is 0 Å². The first kappa shape index (κ1) is 16.5. The van der Waals surface area contributed by atoms with Gasteiger partial charge in [0.05, 0.1) is 5.54 Å². The summed E-state index contributed by atoms with van der Waals surface area (Å²) >= 11 is 0. The summed E-state index contributed by atoms with van der Waals surface area (Å²) in [5.41, 5.74) is 0.757. The second kappa shape index (κ2) is 7.40. The fraction of sp³-hybridized carbons (Fsp3) is 0.529. The van der Waals surface area contributed by atoms with Crippen molar-refractivity contribution >= 4 is 17.5 Å². The summed E-state index contributed by atoms with van der Waals surface area (Å²) in [5, 5.41) is 9.10. The molecule has 1 aromatic carbocycles. The highest BCUT2D eigenvalue weighted by atomic mass is 16.2. The zero-order valence-electron chi connectivity index (χ0n) is 13.4. The predicted molar refractivity (Wildman–Crippen MR) is 88.0 cm³/mol. The zero-order valence-corrected chi connectivity index (χ0v) is 13.4. The predicted octanol–water partition coefficient (Wildman–Crippen LogP) is 2.30. The van der Waals surface area contributed by atoms with Crippen molar-refractivity contribution in [2.75, 3.05) is 18.4 Å². The summed E-state index contributed by atoms with van der Waals surface area (Å²) in [7, 11) is 0. The maximum absolute atomic E-state index is 12.5. The van der Waals surface area contributed by atoms with Crippen LogP contribution in [0, 0.1) is 0 Å². The van der Waals surface area contributed by atoms with Crippen LogP contribution in [-0.4, -0.2) is 30.4 Å². The number of hydrogen-bond acceptors (Lipinski definition) is 3. The molecule has 1 aromatic rings. The Morgan fingerprint density at radius 2 is 2.14 bits per heavy atom. The number of benzene rings is 1. The number of carbonyl (C=O) groups excluding carboxylic acids is 2. The number of hydrogen-bond donors (Lipinski definition) is 3. The molecule has 22 heavy (non-hydrogen) atoms. The van der Waals surface area contributed by atoms with E-state index in [0.717, 1.165) is 32.2 Å². The highest BCUT2D eigenvalue weighted by molar-refractivity contribution is 6.00. The second-order valence-electron chi connectivity index (χ2n) is 5.76.